The van der Waals surface area contributed by atoms with Gasteiger partial charge in [-0.3, -0.25) is 9.59 Å². The van der Waals surface area contributed by atoms with Gasteiger partial charge in [0.25, 0.3) is 12.4 Å². The Morgan fingerprint density at radius 1 is 1.29 bits per heavy atom. The third-order valence-electron chi connectivity index (χ3n) is 4.20. The molecule has 0 spiro atoms. The van der Waals surface area contributed by atoms with Gasteiger partial charge in [0.2, 0.25) is 0 Å². The minimum Gasteiger partial charge on any atom is -0.497 e. The van der Waals surface area contributed by atoms with E-state index in [9.17, 15) is 9.59 Å². The van der Waals surface area contributed by atoms with Gasteiger partial charge in [-0.2, -0.15) is 0 Å². The van der Waals surface area contributed by atoms with E-state index in [0.717, 1.165) is 29.9 Å². The Balaban J connectivity index is 1.68. The molecule has 1 aromatic rings. The van der Waals surface area contributed by atoms with Gasteiger partial charge < -0.3 is 14.8 Å². The highest BCUT2D eigenvalue weighted by Crippen LogP contribution is 2.45. The lowest BCUT2D eigenvalue weighted by Crippen LogP contribution is -2.27. The molecule has 2 aliphatic carbocycles. The second-order valence-corrected chi connectivity index (χ2v) is 5.41. The summed E-state index contributed by atoms with van der Waals surface area (Å²) in [7, 11) is 1.60. The zero-order valence-corrected chi connectivity index (χ0v) is 11.7. The predicted octanol–water partition coefficient (Wildman–Crippen LogP) is 2.14. The summed E-state index contributed by atoms with van der Waals surface area (Å²) in [6.45, 7) is 0.477. The van der Waals surface area contributed by atoms with Crippen molar-refractivity contribution in [2.75, 3.05) is 12.4 Å². The summed E-state index contributed by atoms with van der Waals surface area (Å²) < 4.78 is 10.2. The summed E-state index contributed by atoms with van der Waals surface area (Å²) in [6, 6.07) is 7.18. The Morgan fingerprint density at radius 3 is 2.67 bits per heavy atom. The molecule has 1 fully saturated rings. The first-order chi connectivity index (χ1) is 10.2. The van der Waals surface area contributed by atoms with E-state index >= 15 is 0 Å². The molecule has 1 aromatic carbocycles. The molecule has 5 nitrogen and oxygen atoms in total. The van der Waals surface area contributed by atoms with E-state index in [4.69, 9.17) is 9.47 Å². The zero-order valence-electron chi connectivity index (χ0n) is 11.7. The standard InChI is InChI=1S/C16H17NO4/c1-20-12-4-2-11(3-5-12)17-16(19)14-7-10-6-13(14)15(8-10)21-9-18/h2-5,7,9-10,13,15H,6,8H2,1H3,(H,17,19). The quantitative estimate of drug-likeness (QED) is 0.843. The van der Waals surface area contributed by atoms with E-state index in [2.05, 4.69) is 5.32 Å². The van der Waals surface area contributed by atoms with Crippen LogP contribution in [0.4, 0.5) is 5.69 Å². The van der Waals surface area contributed by atoms with Crippen LogP contribution >= 0.6 is 0 Å². The molecule has 2 bridgehead atoms. The molecule has 0 heterocycles. The molecule has 2 aliphatic rings. The highest BCUT2D eigenvalue weighted by molar-refractivity contribution is 6.04. The average Bonchev–Trinajstić information content (AvgIpc) is 3.08. The van der Waals surface area contributed by atoms with E-state index in [0.29, 0.717) is 12.4 Å². The summed E-state index contributed by atoms with van der Waals surface area (Å²) in [5.74, 6) is 0.994. The normalized spacial score (nSPS) is 26.1. The van der Waals surface area contributed by atoms with Crippen LogP contribution in [0.2, 0.25) is 0 Å². The number of rotatable bonds is 5. The summed E-state index contributed by atoms with van der Waals surface area (Å²) in [5.41, 5.74) is 1.45. The molecule has 0 aliphatic heterocycles. The third kappa shape index (κ3) is 2.63. The molecular formula is C16H17NO4. The highest BCUT2D eigenvalue weighted by Gasteiger charge is 2.44. The van der Waals surface area contributed by atoms with E-state index in [-0.39, 0.29) is 17.9 Å². The van der Waals surface area contributed by atoms with E-state index < -0.39 is 0 Å². The highest BCUT2D eigenvalue weighted by atomic mass is 16.5. The molecule has 3 unspecified atom stereocenters. The lowest BCUT2D eigenvalue weighted by Gasteiger charge is -2.21. The van der Waals surface area contributed by atoms with Crippen LogP contribution in [0.15, 0.2) is 35.9 Å². The molecule has 0 aromatic heterocycles. The summed E-state index contributed by atoms with van der Waals surface area (Å²) in [6.07, 6.45) is 3.56. The number of hydrogen-bond acceptors (Lipinski definition) is 4. The Morgan fingerprint density at radius 2 is 2.05 bits per heavy atom. The number of carbonyl (C=O) groups is 2. The molecule has 1 saturated carbocycles. The maximum atomic E-state index is 12.4. The number of carbonyl (C=O) groups excluding carboxylic acids is 2. The molecule has 0 radical (unpaired) electrons. The summed E-state index contributed by atoms with van der Waals surface area (Å²) >= 11 is 0. The Hall–Kier alpha value is -2.30. The number of benzene rings is 1. The fourth-order valence-electron chi connectivity index (χ4n) is 3.22. The monoisotopic (exact) mass is 287 g/mol. The number of allylic oxidation sites excluding steroid dienone is 1. The van der Waals surface area contributed by atoms with Crippen molar-refractivity contribution in [2.24, 2.45) is 11.8 Å². The van der Waals surface area contributed by atoms with Crippen molar-refractivity contribution in [2.45, 2.75) is 18.9 Å². The van der Waals surface area contributed by atoms with Crippen molar-refractivity contribution < 1.29 is 19.1 Å². The number of fused-ring (bicyclic) bond motifs is 2. The molecule has 3 rings (SSSR count). The van der Waals surface area contributed by atoms with Crippen LogP contribution in [0.3, 0.4) is 0 Å². The van der Waals surface area contributed by atoms with Crippen LogP contribution in [0.5, 0.6) is 5.75 Å². The molecular weight excluding hydrogens is 270 g/mol. The lowest BCUT2D eigenvalue weighted by molar-refractivity contribution is -0.135. The maximum absolute atomic E-state index is 12.4. The summed E-state index contributed by atoms with van der Waals surface area (Å²) in [5, 5.41) is 2.88. The Labute approximate surface area is 122 Å². The minimum atomic E-state index is -0.158. The molecule has 5 heteroatoms. The first-order valence-corrected chi connectivity index (χ1v) is 6.97. The van der Waals surface area contributed by atoms with Gasteiger partial charge in [0.15, 0.2) is 0 Å². The van der Waals surface area contributed by atoms with Crippen molar-refractivity contribution in [1.82, 2.24) is 0 Å². The lowest BCUT2D eigenvalue weighted by atomic mass is 9.95. The van der Waals surface area contributed by atoms with Gasteiger partial charge in [0.05, 0.1) is 7.11 Å². The van der Waals surface area contributed by atoms with Crippen LogP contribution in [0.25, 0.3) is 0 Å². The smallest absolute Gasteiger partial charge is 0.293 e. The van der Waals surface area contributed by atoms with Gasteiger partial charge in [-0.25, -0.2) is 0 Å². The van der Waals surface area contributed by atoms with Crippen LogP contribution in [-0.4, -0.2) is 25.6 Å². The fraction of sp³-hybridized carbons (Fsp3) is 0.375. The fourth-order valence-corrected chi connectivity index (χ4v) is 3.22. The molecule has 1 amide bonds. The Bertz CT molecular complexity index is 578. The van der Waals surface area contributed by atoms with Gasteiger partial charge in [-0.1, -0.05) is 6.08 Å². The van der Waals surface area contributed by atoms with Gasteiger partial charge >= 0.3 is 0 Å². The van der Waals surface area contributed by atoms with Crippen LogP contribution in [-0.2, 0) is 14.3 Å². The van der Waals surface area contributed by atoms with Crippen molar-refractivity contribution in [3.63, 3.8) is 0 Å². The van der Waals surface area contributed by atoms with Gasteiger partial charge in [-0.15, -0.1) is 0 Å². The molecule has 110 valence electrons. The van der Waals surface area contributed by atoms with E-state index in [1.807, 2.05) is 6.08 Å². The number of nitrogens with one attached hydrogen (secondary N) is 1. The average molecular weight is 287 g/mol. The van der Waals surface area contributed by atoms with E-state index in [1.54, 1.807) is 31.4 Å². The van der Waals surface area contributed by atoms with Crippen molar-refractivity contribution in [3.05, 3.63) is 35.9 Å². The van der Waals surface area contributed by atoms with Crippen LogP contribution in [0, 0.1) is 11.8 Å². The molecule has 0 saturated heterocycles. The molecule has 3 atom stereocenters. The minimum absolute atomic E-state index is 0.0263. The number of amides is 1. The van der Waals surface area contributed by atoms with E-state index in [1.165, 1.54) is 0 Å². The summed E-state index contributed by atoms with van der Waals surface area (Å²) in [4.78, 5) is 22.9. The number of hydrogen-bond donors (Lipinski definition) is 1. The Kier molecular flexibility index (Phi) is 3.64. The van der Waals surface area contributed by atoms with Gasteiger partial charge in [-0.05, 0) is 43.0 Å². The zero-order chi connectivity index (χ0) is 14.8. The van der Waals surface area contributed by atoms with Crippen molar-refractivity contribution in [1.29, 1.82) is 0 Å². The van der Waals surface area contributed by atoms with Crippen LogP contribution < -0.4 is 10.1 Å². The van der Waals surface area contributed by atoms with Crippen LogP contribution in [0.1, 0.15) is 12.8 Å². The van der Waals surface area contributed by atoms with Gasteiger partial charge in [0, 0.05) is 17.2 Å². The maximum Gasteiger partial charge on any atom is 0.293 e. The largest absolute Gasteiger partial charge is 0.497 e. The number of ether oxygens (including phenoxy) is 2. The SMILES string of the molecule is COc1ccc(NC(=O)C2=CC3CC(OC=O)C2C3)cc1. The molecule has 21 heavy (non-hydrogen) atoms. The second kappa shape index (κ2) is 5.60. The van der Waals surface area contributed by atoms with Crippen molar-refractivity contribution >= 4 is 18.1 Å². The second-order valence-electron chi connectivity index (χ2n) is 5.41. The first-order valence-electron chi connectivity index (χ1n) is 6.97. The number of methoxy groups -OCH3 is 1. The van der Waals surface area contributed by atoms with Crippen molar-refractivity contribution in [3.8, 4) is 5.75 Å². The predicted molar refractivity (Wildman–Crippen MR) is 76.9 cm³/mol. The first kappa shape index (κ1) is 13.7. The third-order valence-corrected chi connectivity index (χ3v) is 4.20. The molecule has 1 N–H and O–H groups in total. The van der Waals surface area contributed by atoms with Gasteiger partial charge in [0.1, 0.15) is 11.9 Å². The topological polar surface area (TPSA) is 64.6 Å². The number of anilines is 1.